The molecule has 0 spiro atoms. The first kappa shape index (κ1) is 15.1. The van der Waals surface area contributed by atoms with Crippen LogP contribution in [0, 0.1) is 10.1 Å². The summed E-state index contributed by atoms with van der Waals surface area (Å²) in [6, 6.07) is 3.77. The first-order valence-corrected chi connectivity index (χ1v) is 5.96. The second-order valence-electron chi connectivity index (χ2n) is 3.66. The fourth-order valence-electron chi connectivity index (χ4n) is 1.53. The molecule has 19 heavy (non-hydrogen) atoms. The zero-order chi connectivity index (χ0) is 14.6. The van der Waals surface area contributed by atoms with Crippen molar-refractivity contribution in [3.63, 3.8) is 0 Å². The van der Waals surface area contributed by atoms with Crippen LogP contribution in [-0.2, 0) is 4.74 Å². The Labute approximate surface area is 114 Å². The van der Waals surface area contributed by atoms with Crippen LogP contribution in [0.3, 0.4) is 0 Å². The third kappa shape index (κ3) is 3.29. The number of ketones is 1. The molecular formula is C12H12ClNO5. The van der Waals surface area contributed by atoms with Gasteiger partial charge in [-0.1, -0.05) is 6.07 Å². The minimum Gasteiger partial charge on any atom is -0.462 e. The molecule has 0 aliphatic rings. The van der Waals surface area contributed by atoms with Gasteiger partial charge in [0.05, 0.1) is 22.5 Å². The van der Waals surface area contributed by atoms with Crippen molar-refractivity contribution in [1.82, 2.24) is 0 Å². The molecule has 1 rings (SSSR count). The largest absolute Gasteiger partial charge is 0.462 e. The Hall–Kier alpha value is -1.95. The first-order valence-electron chi connectivity index (χ1n) is 5.53. The number of ether oxygens (including phenoxy) is 1. The van der Waals surface area contributed by atoms with Crippen molar-refractivity contribution >= 4 is 29.0 Å². The van der Waals surface area contributed by atoms with E-state index in [4.69, 9.17) is 16.3 Å². The van der Waals surface area contributed by atoms with Gasteiger partial charge in [0.15, 0.2) is 5.78 Å². The van der Waals surface area contributed by atoms with Crippen LogP contribution >= 0.6 is 11.6 Å². The molecule has 0 N–H and O–H groups in total. The Bertz CT molecular complexity index is 527. The highest BCUT2D eigenvalue weighted by molar-refractivity contribution is 6.35. The molecule has 0 saturated heterocycles. The number of hydrogen-bond donors (Lipinski definition) is 0. The van der Waals surface area contributed by atoms with Gasteiger partial charge in [-0.15, -0.1) is 11.6 Å². The number of carbonyl (C=O) groups is 2. The van der Waals surface area contributed by atoms with Crippen molar-refractivity contribution in [1.29, 1.82) is 0 Å². The average Bonchev–Trinajstić information content (AvgIpc) is 2.36. The SMILES string of the molecule is CCOC(=O)c1cccc([N+](=O)[O-])c1C(=O)C(C)Cl. The molecule has 0 radical (unpaired) electrons. The van der Waals surface area contributed by atoms with Crippen LogP contribution in [0.1, 0.15) is 34.6 Å². The Morgan fingerprint density at radius 3 is 2.58 bits per heavy atom. The molecule has 1 atom stereocenters. The number of Topliss-reactive ketones (excluding diaryl/α,β-unsaturated/α-hetero) is 1. The minimum absolute atomic E-state index is 0.103. The van der Waals surface area contributed by atoms with Crippen LogP contribution in [0.2, 0.25) is 0 Å². The van der Waals surface area contributed by atoms with Crippen LogP contribution in [0.25, 0.3) is 0 Å². The van der Waals surface area contributed by atoms with Crippen LogP contribution in [0.15, 0.2) is 18.2 Å². The predicted octanol–water partition coefficient (Wildman–Crippen LogP) is 2.58. The van der Waals surface area contributed by atoms with Crippen LogP contribution < -0.4 is 0 Å². The normalized spacial score (nSPS) is 11.7. The van der Waals surface area contributed by atoms with E-state index in [1.807, 2.05) is 0 Å². The van der Waals surface area contributed by atoms with E-state index in [1.54, 1.807) is 6.92 Å². The summed E-state index contributed by atoms with van der Waals surface area (Å²) in [6.45, 7) is 3.09. The number of benzene rings is 1. The minimum atomic E-state index is -0.978. The van der Waals surface area contributed by atoms with E-state index in [0.717, 1.165) is 6.07 Å². The topological polar surface area (TPSA) is 86.5 Å². The molecule has 0 aliphatic heterocycles. The number of esters is 1. The molecular weight excluding hydrogens is 274 g/mol. The lowest BCUT2D eigenvalue weighted by molar-refractivity contribution is -0.385. The first-order chi connectivity index (χ1) is 8.90. The highest BCUT2D eigenvalue weighted by Crippen LogP contribution is 2.25. The van der Waals surface area contributed by atoms with Gasteiger partial charge >= 0.3 is 5.97 Å². The van der Waals surface area contributed by atoms with E-state index >= 15 is 0 Å². The third-order valence-corrected chi connectivity index (χ3v) is 2.54. The van der Waals surface area contributed by atoms with Gasteiger partial charge < -0.3 is 4.74 Å². The molecule has 1 unspecified atom stereocenters. The van der Waals surface area contributed by atoms with Gasteiger partial charge in [0.1, 0.15) is 5.56 Å². The van der Waals surface area contributed by atoms with Crippen molar-refractivity contribution in [2.24, 2.45) is 0 Å². The quantitative estimate of drug-likeness (QED) is 0.273. The zero-order valence-electron chi connectivity index (χ0n) is 10.4. The van der Waals surface area contributed by atoms with E-state index in [2.05, 4.69) is 0 Å². The van der Waals surface area contributed by atoms with Gasteiger partial charge in [-0.05, 0) is 19.9 Å². The summed E-state index contributed by atoms with van der Waals surface area (Å²) in [5.74, 6) is -1.47. The number of nitro groups is 1. The molecule has 0 saturated carbocycles. The van der Waals surface area contributed by atoms with Gasteiger partial charge in [-0.25, -0.2) is 4.79 Å². The van der Waals surface area contributed by atoms with Crippen molar-refractivity contribution < 1.29 is 19.2 Å². The molecule has 0 fully saturated rings. The molecule has 6 nitrogen and oxygen atoms in total. The summed E-state index contributed by atoms with van der Waals surface area (Å²) in [4.78, 5) is 33.9. The average molecular weight is 286 g/mol. The highest BCUT2D eigenvalue weighted by Gasteiger charge is 2.29. The molecule has 0 aromatic heterocycles. The molecule has 102 valence electrons. The number of halogens is 1. The number of rotatable bonds is 5. The Kier molecular flexibility index (Phi) is 5.00. The maximum atomic E-state index is 12.0. The summed E-state index contributed by atoms with van der Waals surface area (Å²) < 4.78 is 4.78. The van der Waals surface area contributed by atoms with E-state index in [1.165, 1.54) is 19.1 Å². The summed E-state index contributed by atoms with van der Waals surface area (Å²) in [5.41, 5.74) is -0.912. The zero-order valence-corrected chi connectivity index (χ0v) is 11.1. The molecule has 7 heteroatoms. The molecule has 0 bridgehead atoms. The number of hydrogen-bond acceptors (Lipinski definition) is 5. The maximum absolute atomic E-state index is 12.0. The van der Waals surface area contributed by atoms with Gasteiger partial charge in [0, 0.05) is 6.07 Å². The molecule has 0 aliphatic carbocycles. The highest BCUT2D eigenvalue weighted by atomic mass is 35.5. The number of carbonyl (C=O) groups excluding carboxylic acids is 2. The summed E-state index contributed by atoms with van der Waals surface area (Å²) in [6.07, 6.45) is 0. The summed E-state index contributed by atoms with van der Waals surface area (Å²) >= 11 is 5.67. The fourth-order valence-corrected chi connectivity index (χ4v) is 1.64. The van der Waals surface area contributed by atoms with Crippen molar-refractivity contribution in [2.45, 2.75) is 19.2 Å². The van der Waals surface area contributed by atoms with Gasteiger partial charge in [0.2, 0.25) is 0 Å². The van der Waals surface area contributed by atoms with Crippen LogP contribution in [0.4, 0.5) is 5.69 Å². The summed E-state index contributed by atoms with van der Waals surface area (Å²) in [7, 11) is 0. The molecule has 1 aromatic rings. The van der Waals surface area contributed by atoms with Crippen LogP contribution in [0.5, 0.6) is 0 Å². The van der Waals surface area contributed by atoms with Gasteiger partial charge in [-0.2, -0.15) is 0 Å². The molecule has 0 heterocycles. The van der Waals surface area contributed by atoms with Crippen molar-refractivity contribution in [2.75, 3.05) is 6.61 Å². The standard InChI is InChI=1S/C12H12ClNO5/c1-3-19-12(16)8-5-4-6-9(14(17)18)10(8)11(15)7(2)13/h4-7H,3H2,1-2H3. The summed E-state index contributed by atoms with van der Waals surface area (Å²) in [5, 5.41) is 9.96. The van der Waals surface area contributed by atoms with E-state index < -0.39 is 27.7 Å². The lowest BCUT2D eigenvalue weighted by atomic mass is 9.99. The molecule has 0 amide bonds. The smallest absolute Gasteiger partial charge is 0.339 e. The Balaban J connectivity index is 3.47. The van der Waals surface area contributed by atoms with Crippen LogP contribution in [-0.4, -0.2) is 28.7 Å². The lowest BCUT2D eigenvalue weighted by Gasteiger charge is -2.09. The Morgan fingerprint density at radius 1 is 1.47 bits per heavy atom. The Morgan fingerprint density at radius 2 is 2.11 bits per heavy atom. The second-order valence-corrected chi connectivity index (χ2v) is 4.31. The van der Waals surface area contributed by atoms with Crippen molar-refractivity contribution in [3.05, 3.63) is 39.4 Å². The fraction of sp³-hybridized carbons (Fsp3) is 0.333. The van der Waals surface area contributed by atoms with E-state index in [0.29, 0.717) is 0 Å². The number of alkyl halides is 1. The van der Waals surface area contributed by atoms with Gasteiger partial charge in [0.25, 0.3) is 5.69 Å². The monoisotopic (exact) mass is 285 g/mol. The second kappa shape index (κ2) is 6.29. The van der Waals surface area contributed by atoms with Crippen molar-refractivity contribution in [3.8, 4) is 0 Å². The van der Waals surface area contributed by atoms with Gasteiger partial charge in [-0.3, -0.25) is 14.9 Å². The van der Waals surface area contributed by atoms with E-state index in [-0.39, 0.29) is 17.7 Å². The number of nitro benzene ring substituents is 1. The third-order valence-electron chi connectivity index (χ3n) is 2.34. The lowest BCUT2D eigenvalue weighted by Crippen LogP contribution is -2.19. The predicted molar refractivity (Wildman–Crippen MR) is 68.7 cm³/mol. The molecule has 1 aromatic carbocycles. The van der Waals surface area contributed by atoms with E-state index in [9.17, 15) is 19.7 Å². The maximum Gasteiger partial charge on any atom is 0.339 e. The number of nitrogens with zero attached hydrogens (tertiary/aromatic N) is 1.